The maximum Gasteiger partial charge on any atom is 0.338 e. The van der Waals surface area contributed by atoms with Crippen LogP contribution in [0.4, 0.5) is 0 Å². The van der Waals surface area contributed by atoms with Crippen LogP contribution < -0.4 is 24.4 Å². The van der Waals surface area contributed by atoms with Crippen LogP contribution in [0.5, 0.6) is 23.0 Å². The van der Waals surface area contributed by atoms with Crippen LogP contribution in [-0.2, 0) is 9.53 Å². The zero-order valence-electron chi connectivity index (χ0n) is 20.3. The fourth-order valence-electron chi connectivity index (χ4n) is 4.01. The molecule has 36 heavy (non-hydrogen) atoms. The molecule has 1 aromatic heterocycles. The van der Waals surface area contributed by atoms with Crippen LogP contribution in [0.25, 0.3) is 6.08 Å². The summed E-state index contributed by atoms with van der Waals surface area (Å²) in [5.74, 6) is -0.114. The van der Waals surface area contributed by atoms with Crippen LogP contribution in [-0.4, -0.2) is 41.1 Å². The lowest BCUT2D eigenvalue weighted by molar-refractivity contribution is -0.139. The van der Waals surface area contributed by atoms with Crippen molar-refractivity contribution < 1.29 is 29.2 Å². The number of hydrogen-bond donors (Lipinski definition) is 2. The molecular formula is C26H26N2O7S. The lowest BCUT2D eigenvalue weighted by atomic mass is 9.95. The largest absolute Gasteiger partial charge is 0.504 e. The molecule has 0 bridgehead atoms. The number of hydrogen-bond acceptors (Lipinski definition) is 9. The van der Waals surface area contributed by atoms with Crippen LogP contribution in [0.2, 0.25) is 0 Å². The van der Waals surface area contributed by atoms with Gasteiger partial charge in [-0.15, -0.1) is 0 Å². The van der Waals surface area contributed by atoms with Gasteiger partial charge in [0.25, 0.3) is 5.56 Å². The lowest BCUT2D eigenvalue weighted by Gasteiger charge is -2.25. The molecule has 0 saturated carbocycles. The summed E-state index contributed by atoms with van der Waals surface area (Å²) in [5, 5.41) is 20.1. The van der Waals surface area contributed by atoms with E-state index in [2.05, 4.69) is 4.99 Å². The van der Waals surface area contributed by atoms with Crippen molar-refractivity contribution in [1.82, 2.24) is 4.57 Å². The molecule has 0 aliphatic carbocycles. The first-order valence-electron chi connectivity index (χ1n) is 11.3. The molecule has 2 aromatic carbocycles. The van der Waals surface area contributed by atoms with Gasteiger partial charge in [0.1, 0.15) is 0 Å². The van der Waals surface area contributed by atoms with E-state index in [1.165, 1.54) is 35.1 Å². The van der Waals surface area contributed by atoms with Crippen molar-refractivity contribution in [3.05, 3.63) is 78.5 Å². The highest BCUT2D eigenvalue weighted by Gasteiger charge is 2.33. The van der Waals surface area contributed by atoms with Gasteiger partial charge in [-0.2, -0.15) is 0 Å². The Hall–Kier alpha value is -4.05. The molecule has 0 saturated heterocycles. The number of aromatic nitrogens is 1. The van der Waals surface area contributed by atoms with Gasteiger partial charge in [-0.1, -0.05) is 23.5 Å². The number of methoxy groups -OCH3 is 1. The van der Waals surface area contributed by atoms with Gasteiger partial charge in [0.15, 0.2) is 27.8 Å². The third-order valence-electron chi connectivity index (χ3n) is 5.62. The zero-order chi connectivity index (χ0) is 26.0. The number of esters is 1. The molecular weight excluding hydrogens is 484 g/mol. The highest BCUT2D eigenvalue weighted by molar-refractivity contribution is 7.07. The average molecular weight is 511 g/mol. The van der Waals surface area contributed by atoms with Gasteiger partial charge in [0.05, 0.1) is 42.2 Å². The Morgan fingerprint density at radius 1 is 1.11 bits per heavy atom. The summed E-state index contributed by atoms with van der Waals surface area (Å²) in [7, 11) is 1.45. The molecule has 9 nitrogen and oxygen atoms in total. The number of fused-ring (bicyclic) bond motifs is 1. The first-order chi connectivity index (χ1) is 17.3. The van der Waals surface area contributed by atoms with Crippen molar-refractivity contribution in [2.45, 2.75) is 26.8 Å². The minimum absolute atomic E-state index is 0.0109. The molecule has 1 aliphatic heterocycles. The monoisotopic (exact) mass is 510 g/mol. The number of ether oxygens (including phenoxy) is 3. The molecule has 0 fully saturated rings. The molecule has 2 N–H and O–H groups in total. The predicted molar refractivity (Wildman–Crippen MR) is 134 cm³/mol. The summed E-state index contributed by atoms with van der Waals surface area (Å²) in [6.45, 7) is 5.69. The van der Waals surface area contributed by atoms with E-state index in [9.17, 15) is 19.8 Å². The molecule has 2 heterocycles. The second kappa shape index (κ2) is 10.3. The van der Waals surface area contributed by atoms with Crippen molar-refractivity contribution in [1.29, 1.82) is 0 Å². The molecule has 1 atom stereocenters. The fraction of sp³-hybridized carbons (Fsp3) is 0.269. The van der Waals surface area contributed by atoms with Crippen molar-refractivity contribution in [3.8, 4) is 23.0 Å². The smallest absolute Gasteiger partial charge is 0.338 e. The Bertz CT molecular complexity index is 1530. The molecule has 10 heteroatoms. The number of nitrogens with zero attached hydrogens (tertiary/aromatic N) is 2. The lowest BCUT2D eigenvalue weighted by Crippen LogP contribution is -2.39. The summed E-state index contributed by atoms with van der Waals surface area (Å²) < 4.78 is 17.9. The van der Waals surface area contributed by atoms with Gasteiger partial charge in [-0.25, -0.2) is 9.79 Å². The number of rotatable bonds is 7. The molecule has 1 unspecified atom stereocenters. The Labute approximate surface area is 210 Å². The van der Waals surface area contributed by atoms with E-state index in [4.69, 9.17) is 14.2 Å². The molecule has 0 amide bonds. The fourth-order valence-corrected chi connectivity index (χ4v) is 5.06. The number of phenols is 2. The van der Waals surface area contributed by atoms with Gasteiger partial charge in [-0.05, 0) is 62.2 Å². The molecule has 0 radical (unpaired) electrons. The summed E-state index contributed by atoms with van der Waals surface area (Å²) in [6.07, 6.45) is 1.68. The van der Waals surface area contributed by atoms with Crippen LogP contribution in [0, 0.1) is 0 Å². The summed E-state index contributed by atoms with van der Waals surface area (Å²) in [4.78, 5) is 31.7. The topological polar surface area (TPSA) is 120 Å². The minimum Gasteiger partial charge on any atom is -0.504 e. The summed E-state index contributed by atoms with van der Waals surface area (Å²) in [6, 6.07) is 8.66. The number of aromatic hydroxyl groups is 2. The second-order valence-electron chi connectivity index (χ2n) is 7.89. The number of carbonyl (C=O) groups excluding carboxylic acids is 1. The highest BCUT2D eigenvalue weighted by Crippen LogP contribution is 2.35. The first-order valence-corrected chi connectivity index (χ1v) is 12.1. The van der Waals surface area contributed by atoms with E-state index in [0.29, 0.717) is 32.8 Å². The minimum atomic E-state index is -0.836. The summed E-state index contributed by atoms with van der Waals surface area (Å²) in [5.41, 5.74) is 1.53. The van der Waals surface area contributed by atoms with E-state index >= 15 is 0 Å². The Morgan fingerprint density at radius 3 is 2.53 bits per heavy atom. The SMILES string of the molecule is CCOC(=O)C1=C(C)N=c2s/c(=C\c3ccc(O)c(OC)c3)c(=O)n2C1c1ccc(O)c(OCC)c1. The Balaban J connectivity index is 1.95. The van der Waals surface area contributed by atoms with Gasteiger partial charge >= 0.3 is 5.97 Å². The van der Waals surface area contributed by atoms with E-state index < -0.39 is 12.0 Å². The average Bonchev–Trinajstić information content (AvgIpc) is 3.15. The zero-order valence-corrected chi connectivity index (χ0v) is 21.1. The van der Waals surface area contributed by atoms with Gasteiger partial charge < -0.3 is 24.4 Å². The second-order valence-corrected chi connectivity index (χ2v) is 8.90. The van der Waals surface area contributed by atoms with Crippen LogP contribution >= 0.6 is 11.3 Å². The normalized spacial score (nSPS) is 15.3. The third kappa shape index (κ3) is 4.59. The third-order valence-corrected chi connectivity index (χ3v) is 6.60. The van der Waals surface area contributed by atoms with E-state index in [0.717, 1.165) is 0 Å². The quantitative estimate of drug-likeness (QED) is 0.469. The number of phenolic OH excluding ortho intramolecular Hbond substituents is 2. The van der Waals surface area contributed by atoms with E-state index in [1.54, 1.807) is 51.1 Å². The number of thiazole rings is 1. The van der Waals surface area contributed by atoms with Crippen LogP contribution in [0.1, 0.15) is 37.9 Å². The first kappa shape index (κ1) is 25.1. The number of allylic oxidation sites excluding steroid dienone is 1. The Kier molecular flexibility index (Phi) is 7.16. The van der Waals surface area contributed by atoms with Gasteiger partial charge in [0.2, 0.25) is 0 Å². The standard InChI is InChI=1S/C26H26N2O7S/c1-5-34-20-13-16(8-10-18(20)30)23-22(25(32)35-6-2)14(3)27-26-28(23)24(31)21(36-26)12-15-7-9-17(29)19(11-15)33-4/h7-13,23,29-30H,5-6H2,1-4H3/b21-12-. The molecule has 3 aromatic rings. The highest BCUT2D eigenvalue weighted by atomic mass is 32.1. The maximum atomic E-state index is 13.7. The van der Waals surface area contributed by atoms with Gasteiger partial charge in [0, 0.05) is 0 Å². The van der Waals surface area contributed by atoms with Gasteiger partial charge in [-0.3, -0.25) is 9.36 Å². The van der Waals surface area contributed by atoms with Crippen molar-refractivity contribution in [3.63, 3.8) is 0 Å². The predicted octanol–water partition coefficient (Wildman–Crippen LogP) is 2.62. The van der Waals surface area contributed by atoms with Crippen LogP contribution in [0.3, 0.4) is 0 Å². The number of benzene rings is 2. The van der Waals surface area contributed by atoms with E-state index in [1.807, 2.05) is 0 Å². The van der Waals surface area contributed by atoms with Crippen LogP contribution in [0.15, 0.2) is 57.5 Å². The summed E-state index contributed by atoms with van der Waals surface area (Å²) >= 11 is 1.18. The maximum absolute atomic E-state index is 13.7. The molecule has 0 spiro atoms. The molecule has 4 rings (SSSR count). The Morgan fingerprint density at radius 2 is 1.83 bits per heavy atom. The van der Waals surface area contributed by atoms with Crippen molar-refractivity contribution in [2.75, 3.05) is 20.3 Å². The van der Waals surface area contributed by atoms with Crippen molar-refractivity contribution >= 4 is 23.4 Å². The molecule has 188 valence electrons. The van der Waals surface area contributed by atoms with Crippen molar-refractivity contribution in [2.24, 2.45) is 4.99 Å². The molecule has 1 aliphatic rings. The number of carbonyl (C=O) groups is 1. The van der Waals surface area contributed by atoms with E-state index in [-0.39, 0.29) is 40.7 Å².